The van der Waals surface area contributed by atoms with E-state index in [1.165, 1.54) is 6.07 Å². The SMILES string of the molecule is Cc1[nH]c2ccc(F)cc2c1CCNC(=O)C(C)(C)C. The van der Waals surface area contributed by atoms with Crippen LogP contribution in [-0.2, 0) is 11.2 Å². The van der Waals surface area contributed by atoms with Crippen LogP contribution in [0.4, 0.5) is 4.39 Å². The molecule has 3 nitrogen and oxygen atoms in total. The highest BCUT2D eigenvalue weighted by atomic mass is 19.1. The fourth-order valence-corrected chi connectivity index (χ4v) is 2.24. The molecular formula is C16H21FN2O. The average Bonchev–Trinajstić information content (AvgIpc) is 2.64. The Labute approximate surface area is 118 Å². The van der Waals surface area contributed by atoms with E-state index in [2.05, 4.69) is 10.3 Å². The van der Waals surface area contributed by atoms with Gasteiger partial charge in [-0.25, -0.2) is 4.39 Å². The predicted molar refractivity (Wildman–Crippen MR) is 79.2 cm³/mol. The number of amides is 1. The molecule has 0 unspecified atom stereocenters. The number of hydrogen-bond acceptors (Lipinski definition) is 1. The number of carbonyl (C=O) groups excluding carboxylic acids is 1. The van der Waals surface area contributed by atoms with E-state index in [1.54, 1.807) is 12.1 Å². The standard InChI is InChI=1S/C16H21FN2O/c1-10-12(7-8-18-15(20)16(2,3)4)13-9-11(17)5-6-14(13)19-10/h5-6,9,19H,7-8H2,1-4H3,(H,18,20). The first-order chi connectivity index (χ1) is 9.29. The lowest BCUT2D eigenvalue weighted by Crippen LogP contribution is -2.35. The van der Waals surface area contributed by atoms with E-state index in [1.807, 2.05) is 27.7 Å². The number of aryl methyl sites for hydroxylation is 1. The van der Waals surface area contributed by atoms with Crippen LogP contribution >= 0.6 is 0 Å². The average molecular weight is 276 g/mol. The Balaban J connectivity index is 2.12. The zero-order valence-corrected chi connectivity index (χ0v) is 12.4. The zero-order valence-electron chi connectivity index (χ0n) is 12.4. The van der Waals surface area contributed by atoms with Crippen molar-refractivity contribution in [3.8, 4) is 0 Å². The molecule has 20 heavy (non-hydrogen) atoms. The summed E-state index contributed by atoms with van der Waals surface area (Å²) in [4.78, 5) is 15.1. The van der Waals surface area contributed by atoms with Crippen LogP contribution in [0.3, 0.4) is 0 Å². The van der Waals surface area contributed by atoms with Gasteiger partial charge in [-0.3, -0.25) is 4.79 Å². The molecule has 0 saturated heterocycles. The molecule has 108 valence electrons. The van der Waals surface area contributed by atoms with Gasteiger partial charge in [0.15, 0.2) is 0 Å². The monoisotopic (exact) mass is 276 g/mol. The Hall–Kier alpha value is -1.84. The molecule has 2 N–H and O–H groups in total. The smallest absolute Gasteiger partial charge is 0.225 e. The molecule has 0 bridgehead atoms. The zero-order chi connectivity index (χ0) is 14.9. The minimum absolute atomic E-state index is 0.0289. The lowest BCUT2D eigenvalue weighted by Gasteiger charge is -2.17. The largest absolute Gasteiger partial charge is 0.358 e. The van der Waals surface area contributed by atoms with Crippen molar-refractivity contribution in [3.05, 3.63) is 35.3 Å². The lowest BCUT2D eigenvalue weighted by atomic mass is 9.95. The molecule has 0 atom stereocenters. The second-order valence-electron chi connectivity index (χ2n) is 6.17. The van der Waals surface area contributed by atoms with E-state index in [9.17, 15) is 9.18 Å². The molecule has 0 aliphatic carbocycles. The third kappa shape index (κ3) is 3.00. The third-order valence-electron chi connectivity index (χ3n) is 3.42. The minimum Gasteiger partial charge on any atom is -0.358 e. The Bertz CT molecular complexity index is 638. The van der Waals surface area contributed by atoms with Gasteiger partial charge in [0.2, 0.25) is 5.91 Å². The number of fused-ring (bicyclic) bond motifs is 1. The van der Waals surface area contributed by atoms with Gasteiger partial charge >= 0.3 is 0 Å². The van der Waals surface area contributed by atoms with Crippen LogP contribution < -0.4 is 5.32 Å². The Morgan fingerprint density at radius 3 is 2.70 bits per heavy atom. The van der Waals surface area contributed by atoms with Crippen molar-refractivity contribution in [3.63, 3.8) is 0 Å². The molecule has 0 saturated carbocycles. The van der Waals surface area contributed by atoms with Gasteiger partial charge in [0.1, 0.15) is 5.82 Å². The van der Waals surface area contributed by atoms with Gasteiger partial charge in [-0.05, 0) is 37.1 Å². The maximum Gasteiger partial charge on any atom is 0.225 e. The van der Waals surface area contributed by atoms with Gasteiger partial charge in [0.05, 0.1) is 0 Å². The maximum absolute atomic E-state index is 13.3. The van der Waals surface area contributed by atoms with Crippen LogP contribution in [0, 0.1) is 18.2 Å². The maximum atomic E-state index is 13.3. The fourth-order valence-electron chi connectivity index (χ4n) is 2.24. The van der Waals surface area contributed by atoms with Crippen molar-refractivity contribution in [2.45, 2.75) is 34.1 Å². The van der Waals surface area contributed by atoms with Crippen LogP contribution in [0.25, 0.3) is 10.9 Å². The summed E-state index contributed by atoms with van der Waals surface area (Å²) in [6.45, 7) is 8.18. The van der Waals surface area contributed by atoms with Crippen LogP contribution in [0.15, 0.2) is 18.2 Å². The summed E-state index contributed by atoms with van der Waals surface area (Å²) in [5, 5.41) is 3.82. The number of H-pyrrole nitrogens is 1. The van der Waals surface area contributed by atoms with Gasteiger partial charge in [-0.15, -0.1) is 0 Å². The summed E-state index contributed by atoms with van der Waals surface area (Å²) in [5.41, 5.74) is 2.63. The number of hydrogen-bond donors (Lipinski definition) is 2. The first-order valence-electron chi connectivity index (χ1n) is 6.84. The number of rotatable bonds is 3. The Morgan fingerprint density at radius 2 is 2.05 bits per heavy atom. The van der Waals surface area contributed by atoms with Gasteiger partial charge in [-0.2, -0.15) is 0 Å². The predicted octanol–water partition coefficient (Wildman–Crippen LogP) is 3.32. The van der Waals surface area contributed by atoms with Crippen LogP contribution in [0.1, 0.15) is 32.0 Å². The van der Waals surface area contributed by atoms with Crippen molar-refractivity contribution >= 4 is 16.8 Å². The number of benzene rings is 1. The van der Waals surface area contributed by atoms with Crippen molar-refractivity contribution in [2.24, 2.45) is 5.41 Å². The summed E-state index contributed by atoms with van der Waals surface area (Å²) >= 11 is 0. The van der Waals surface area contributed by atoms with E-state index in [-0.39, 0.29) is 17.1 Å². The van der Waals surface area contributed by atoms with Crippen molar-refractivity contribution < 1.29 is 9.18 Å². The Morgan fingerprint density at radius 1 is 1.35 bits per heavy atom. The van der Waals surface area contributed by atoms with E-state index in [0.717, 1.165) is 22.2 Å². The highest BCUT2D eigenvalue weighted by Crippen LogP contribution is 2.23. The van der Waals surface area contributed by atoms with Crippen molar-refractivity contribution in [2.75, 3.05) is 6.54 Å². The number of carbonyl (C=O) groups is 1. The van der Waals surface area contributed by atoms with Crippen LogP contribution in [0.2, 0.25) is 0 Å². The van der Waals surface area contributed by atoms with Gasteiger partial charge in [0.25, 0.3) is 0 Å². The first kappa shape index (κ1) is 14.6. The van der Waals surface area contributed by atoms with Crippen LogP contribution in [-0.4, -0.2) is 17.4 Å². The third-order valence-corrected chi connectivity index (χ3v) is 3.42. The Kier molecular flexibility index (Phi) is 3.84. The molecule has 1 aromatic heterocycles. The van der Waals surface area contributed by atoms with Gasteiger partial charge < -0.3 is 10.3 Å². The second-order valence-corrected chi connectivity index (χ2v) is 6.17. The van der Waals surface area contributed by atoms with Gasteiger partial charge in [0, 0.05) is 28.6 Å². The molecule has 2 aromatic rings. The molecule has 0 fully saturated rings. The van der Waals surface area contributed by atoms with Crippen molar-refractivity contribution in [1.82, 2.24) is 10.3 Å². The molecule has 0 aliphatic heterocycles. The summed E-state index contributed by atoms with van der Waals surface area (Å²) in [5.74, 6) is -0.211. The number of nitrogens with one attached hydrogen (secondary N) is 2. The first-order valence-corrected chi connectivity index (χ1v) is 6.84. The van der Waals surface area contributed by atoms with E-state index < -0.39 is 0 Å². The molecule has 4 heteroatoms. The minimum atomic E-state index is -0.388. The summed E-state index contributed by atoms with van der Waals surface area (Å²) in [6, 6.07) is 4.73. The molecule has 2 rings (SSSR count). The van der Waals surface area contributed by atoms with Gasteiger partial charge in [-0.1, -0.05) is 20.8 Å². The van der Waals surface area contributed by atoms with E-state index in [0.29, 0.717) is 13.0 Å². The van der Waals surface area contributed by atoms with Crippen molar-refractivity contribution in [1.29, 1.82) is 0 Å². The normalized spacial score (nSPS) is 11.8. The molecular weight excluding hydrogens is 255 g/mol. The summed E-state index contributed by atoms with van der Waals surface area (Å²) in [7, 11) is 0. The number of aromatic amines is 1. The molecule has 1 aromatic carbocycles. The van der Waals surface area contributed by atoms with Crippen LogP contribution in [0.5, 0.6) is 0 Å². The molecule has 1 heterocycles. The highest BCUT2D eigenvalue weighted by molar-refractivity contribution is 5.85. The summed E-state index contributed by atoms with van der Waals surface area (Å²) in [6.07, 6.45) is 0.692. The fraction of sp³-hybridized carbons (Fsp3) is 0.438. The second kappa shape index (κ2) is 5.27. The molecule has 1 amide bonds. The molecule has 0 radical (unpaired) electrons. The quantitative estimate of drug-likeness (QED) is 0.887. The lowest BCUT2D eigenvalue weighted by molar-refractivity contribution is -0.128. The topological polar surface area (TPSA) is 44.9 Å². The number of halogens is 1. The van der Waals surface area contributed by atoms with E-state index in [4.69, 9.17) is 0 Å². The molecule has 0 spiro atoms. The number of aromatic nitrogens is 1. The molecule has 0 aliphatic rings. The summed E-state index contributed by atoms with van der Waals surface area (Å²) < 4.78 is 13.3. The van der Waals surface area contributed by atoms with E-state index >= 15 is 0 Å². The highest BCUT2D eigenvalue weighted by Gasteiger charge is 2.20.